The van der Waals surface area contributed by atoms with Gasteiger partial charge in [-0.05, 0) is 130 Å². The van der Waals surface area contributed by atoms with Crippen LogP contribution in [0.15, 0.2) is 60.7 Å². The monoisotopic (exact) mass is 559 g/mol. The lowest BCUT2D eigenvalue weighted by molar-refractivity contribution is 0.279. The molecule has 0 spiro atoms. The third-order valence-electron chi connectivity index (χ3n) is 7.79. The van der Waals surface area contributed by atoms with Crippen molar-refractivity contribution in [2.75, 3.05) is 27.2 Å². The van der Waals surface area contributed by atoms with Gasteiger partial charge >= 0.3 is 0 Å². The Morgan fingerprint density at radius 3 is 1.62 bits per heavy atom. The van der Waals surface area contributed by atoms with E-state index in [1.807, 2.05) is 32.0 Å². The van der Waals surface area contributed by atoms with Crippen molar-refractivity contribution in [1.29, 1.82) is 0 Å². The highest BCUT2D eigenvalue weighted by Crippen LogP contribution is 2.33. The standard InChI is InChI=1S/C35H37N5O2/c1-20-14-26(15-21(2)32(20)41)34-36-28-10-8-24(18-30(28)38-34)25-9-11-29-31(19-25)39-35(37-29)27-16-22(3)33(23(4)17-27)42-13-7-12-40(5)6/h8-11,14-19,41H,7,12-13H2,1-6H3,(H,36,38)(H,37,39). The van der Waals surface area contributed by atoms with E-state index in [1.165, 1.54) is 0 Å². The molecule has 2 aromatic heterocycles. The van der Waals surface area contributed by atoms with Gasteiger partial charge in [-0.2, -0.15) is 0 Å². The van der Waals surface area contributed by atoms with E-state index >= 15 is 0 Å². The predicted octanol–water partition coefficient (Wildman–Crippen LogP) is 7.71. The number of ether oxygens (including phenoxy) is 1. The summed E-state index contributed by atoms with van der Waals surface area (Å²) in [6.07, 6.45) is 0.992. The molecular weight excluding hydrogens is 522 g/mol. The number of rotatable bonds is 8. The number of nitrogens with one attached hydrogen (secondary N) is 2. The number of fused-ring (bicyclic) bond motifs is 2. The molecule has 4 aromatic carbocycles. The summed E-state index contributed by atoms with van der Waals surface area (Å²) >= 11 is 0. The van der Waals surface area contributed by atoms with Crippen molar-refractivity contribution in [3.8, 4) is 45.4 Å². The number of phenolic OH excluding ortho intramolecular Hbond substituents is 1. The molecule has 0 radical (unpaired) electrons. The van der Waals surface area contributed by atoms with Gasteiger partial charge in [0, 0.05) is 17.7 Å². The zero-order valence-corrected chi connectivity index (χ0v) is 25.1. The highest BCUT2D eigenvalue weighted by atomic mass is 16.5. The van der Waals surface area contributed by atoms with E-state index in [-0.39, 0.29) is 0 Å². The van der Waals surface area contributed by atoms with Crippen LogP contribution in [0.25, 0.3) is 56.0 Å². The molecule has 0 aliphatic carbocycles. The smallest absolute Gasteiger partial charge is 0.138 e. The summed E-state index contributed by atoms with van der Waals surface area (Å²) in [7, 11) is 4.16. The second-order valence-electron chi connectivity index (χ2n) is 11.5. The van der Waals surface area contributed by atoms with Gasteiger partial charge in [0.15, 0.2) is 0 Å². The Morgan fingerprint density at radius 1 is 0.667 bits per heavy atom. The number of aromatic amines is 2. The Kier molecular flexibility index (Phi) is 7.21. The molecule has 0 bridgehead atoms. The summed E-state index contributed by atoms with van der Waals surface area (Å²) in [6.45, 7) is 9.72. The Bertz CT molecular complexity index is 1890. The minimum atomic E-state index is 0.331. The van der Waals surface area contributed by atoms with E-state index in [1.54, 1.807) is 0 Å². The van der Waals surface area contributed by atoms with Crippen LogP contribution in [0.1, 0.15) is 28.7 Å². The van der Waals surface area contributed by atoms with Crippen LogP contribution >= 0.6 is 0 Å². The Labute approximate surface area is 246 Å². The summed E-state index contributed by atoms with van der Waals surface area (Å²) in [6, 6.07) is 20.8. The van der Waals surface area contributed by atoms with Crippen molar-refractivity contribution in [1.82, 2.24) is 24.8 Å². The maximum atomic E-state index is 10.2. The lowest BCUT2D eigenvalue weighted by Gasteiger charge is -2.15. The summed E-state index contributed by atoms with van der Waals surface area (Å²) in [4.78, 5) is 18.9. The van der Waals surface area contributed by atoms with Crippen LogP contribution in [-0.2, 0) is 0 Å². The maximum Gasteiger partial charge on any atom is 0.138 e. The van der Waals surface area contributed by atoms with E-state index in [0.717, 1.165) is 96.9 Å². The topological polar surface area (TPSA) is 90.1 Å². The number of imidazole rings is 2. The fourth-order valence-electron chi connectivity index (χ4n) is 5.61. The molecule has 0 unspecified atom stereocenters. The highest BCUT2D eigenvalue weighted by molar-refractivity contribution is 5.88. The van der Waals surface area contributed by atoms with Crippen molar-refractivity contribution >= 4 is 22.1 Å². The molecule has 2 heterocycles. The van der Waals surface area contributed by atoms with Crippen molar-refractivity contribution < 1.29 is 9.84 Å². The van der Waals surface area contributed by atoms with Gasteiger partial charge in [0.2, 0.25) is 0 Å². The highest BCUT2D eigenvalue weighted by Gasteiger charge is 2.14. The van der Waals surface area contributed by atoms with Gasteiger partial charge in [0.1, 0.15) is 23.1 Å². The van der Waals surface area contributed by atoms with E-state index < -0.39 is 0 Å². The molecule has 7 nitrogen and oxygen atoms in total. The maximum absolute atomic E-state index is 10.2. The van der Waals surface area contributed by atoms with Crippen LogP contribution in [0.4, 0.5) is 0 Å². The fraction of sp³-hybridized carbons (Fsp3) is 0.257. The molecule has 0 aliphatic rings. The predicted molar refractivity (Wildman–Crippen MR) is 171 cm³/mol. The van der Waals surface area contributed by atoms with Gasteiger partial charge in [-0.3, -0.25) is 0 Å². The van der Waals surface area contributed by atoms with Gasteiger partial charge in [-0.15, -0.1) is 0 Å². The van der Waals surface area contributed by atoms with Crippen molar-refractivity contribution in [2.45, 2.75) is 34.1 Å². The van der Waals surface area contributed by atoms with E-state index in [0.29, 0.717) is 12.4 Å². The SMILES string of the molecule is Cc1cc(-c2nc3ccc(-c4ccc5nc(-c6cc(C)c(OCCCN(C)C)c(C)c6)[nH]c5c4)cc3[nH]2)cc(C)c1O. The first-order chi connectivity index (χ1) is 20.2. The first-order valence-electron chi connectivity index (χ1n) is 14.4. The summed E-state index contributed by atoms with van der Waals surface area (Å²) in [5.74, 6) is 2.93. The number of H-pyrrole nitrogens is 2. The van der Waals surface area contributed by atoms with Crippen molar-refractivity contribution in [3.05, 3.63) is 82.9 Å². The largest absolute Gasteiger partial charge is 0.507 e. The molecule has 3 N–H and O–H groups in total. The normalized spacial score (nSPS) is 11.7. The second kappa shape index (κ2) is 11.0. The van der Waals surface area contributed by atoms with E-state index in [9.17, 15) is 5.11 Å². The number of phenols is 1. The van der Waals surface area contributed by atoms with Gasteiger partial charge in [0.05, 0.1) is 28.7 Å². The third kappa shape index (κ3) is 5.35. The first kappa shape index (κ1) is 27.5. The lowest BCUT2D eigenvalue weighted by Crippen LogP contribution is -2.15. The molecule has 0 saturated carbocycles. The van der Waals surface area contributed by atoms with Crippen LogP contribution in [0, 0.1) is 27.7 Å². The number of benzene rings is 4. The summed E-state index contributed by atoms with van der Waals surface area (Å²) < 4.78 is 6.13. The minimum Gasteiger partial charge on any atom is -0.507 e. The molecule has 0 atom stereocenters. The molecule has 42 heavy (non-hydrogen) atoms. The molecule has 0 fully saturated rings. The van der Waals surface area contributed by atoms with Crippen molar-refractivity contribution in [3.63, 3.8) is 0 Å². The zero-order chi connectivity index (χ0) is 29.5. The molecule has 7 heteroatoms. The molecular formula is C35H37N5O2. The molecule has 214 valence electrons. The Morgan fingerprint density at radius 2 is 1.14 bits per heavy atom. The Hall–Kier alpha value is -4.62. The van der Waals surface area contributed by atoms with Gasteiger partial charge in [-0.25, -0.2) is 9.97 Å². The number of nitrogens with zero attached hydrogens (tertiary/aromatic N) is 3. The summed E-state index contributed by atoms with van der Waals surface area (Å²) in [5, 5.41) is 10.2. The number of aryl methyl sites for hydroxylation is 4. The quantitative estimate of drug-likeness (QED) is 0.166. The van der Waals surface area contributed by atoms with Gasteiger partial charge in [-0.1, -0.05) is 12.1 Å². The minimum absolute atomic E-state index is 0.331. The number of hydrogen-bond donors (Lipinski definition) is 3. The molecule has 0 aliphatic heterocycles. The third-order valence-corrected chi connectivity index (χ3v) is 7.79. The zero-order valence-electron chi connectivity index (χ0n) is 25.1. The van der Waals surface area contributed by atoms with E-state index in [4.69, 9.17) is 14.7 Å². The van der Waals surface area contributed by atoms with Crippen LogP contribution in [0.3, 0.4) is 0 Å². The van der Waals surface area contributed by atoms with Gasteiger partial charge in [0.25, 0.3) is 0 Å². The molecule has 6 rings (SSSR count). The van der Waals surface area contributed by atoms with Crippen LogP contribution in [0.5, 0.6) is 11.5 Å². The lowest BCUT2D eigenvalue weighted by atomic mass is 10.0. The van der Waals surface area contributed by atoms with E-state index in [2.05, 4.69) is 85.3 Å². The molecule has 0 saturated heterocycles. The van der Waals surface area contributed by atoms with Crippen LogP contribution in [0.2, 0.25) is 0 Å². The number of hydrogen-bond acceptors (Lipinski definition) is 5. The van der Waals surface area contributed by atoms with Crippen LogP contribution in [-0.4, -0.2) is 57.2 Å². The number of aromatic hydroxyl groups is 1. The molecule has 0 amide bonds. The molecule has 6 aromatic rings. The second-order valence-corrected chi connectivity index (χ2v) is 11.5. The first-order valence-corrected chi connectivity index (χ1v) is 14.4. The average molecular weight is 560 g/mol. The Balaban J connectivity index is 1.27. The number of aromatic nitrogens is 4. The fourth-order valence-corrected chi connectivity index (χ4v) is 5.61. The van der Waals surface area contributed by atoms with Crippen LogP contribution < -0.4 is 4.74 Å². The van der Waals surface area contributed by atoms with Gasteiger partial charge < -0.3 is 24.7 Å². The summed E-state index contributed by atoms with van der Waals surface area (Å²) in [5.41, 5.74) is 11.9. The van der Waals surface area contributed by atoms with Crippen molar-refractivity contribution in [2.24, 2.45) is 0 Å². The average Bonchev–Trinajstić information content (AvgIpc) is 3.58.